The minimum Gasteiger partial charge on any atom is -0.460 e. The molecule has 3 aromatic rings. The van der Waals surface area contributed by atoms with E-state index in [9.17, 15) is 14.2 Å². The van der Waals surface area contributed by atoms with Crippen LogP contribution < -0.4 is 0 Å². The van der Waals surface area contributed by atoms with Gasteiger partial charge in [0.2, 0.25) is 0 Å². The van der Waals surface area contributed by atoms with E-state index in [1.54, 1.807) is 0 Å². The lowest BCUT2D eigenvalue weighted by atomic mass is 10.2. The van der Waals surface area contributed by atoms with E-state index in [1.165, 1.54) is 18.7 Å². The average molecular weight is 559 g/mol. The quantitative estimate of drug-likeness (QED) is 0.156. The second-order valence-electron chi connectivity index (χ2n) is 8.15. The maximum Gasteiger partial charge on any atom is 0.475 e. The van der Waals surface area contributed by atoms with Crippen molar-refractivity contribution in [3.05, 3.63) is 108 Å². The monoisotopic (exact) mass is 558 g/mol. The van der Waals surface area contributed by atoms with Crippen LogP contribution in [0, 0.1) is 0 Å². The summed E-state index contributed by atoms with van der Waals surface area (Å²) in [4.78, 5) is 23.8. The van der Waals surface area contributed by atoms with Gasteiger partial charge in [-0.05, 0) is 16.7 Å². The summed E-state index contributed by atoms with van der Waals surface area (Å²) in [6.45, 7) is 1.22. The van der Waals surface area contributed by atoms with E-state index in [1.807, 2.05) is 91.0 Å². The van der Waals surface area contributed by atoms with Gasteiger partial charge in [0, 0.05) is 12.7 Å². The molecule has 0 aromatic heterocycles. The zero-order valence-electron chi connectivity index (χ0n) is 21.1. The van der Waals surface area contributed by atoms with Gasteiger partial charge in [0.15, 0.2) is 0 Å². The highest BCUT2D eigenvalue weighted by molar-refractivity contribution is 7.99. The van der Waals surface area contributed by atoms with Crippen LogP contribution in [0.4, 0.5) is 0 Å². The standard InChI is InChI=1S/C28H31O8PS/c1-23(29)36-27(21-38-22-28(30)32-17-24-11-5-2-6-12-24)20-35-37(31,33-18-25-13-7-3-8-14-25)34-19-26-15-9-4-10-16-26/h2-16,27H,17-22H2,1H3/t27-/m1/s1. The largest absolute Gasteiger partial charge is 0.475 e. The molecule has 0 heterocycles. The van der Waals surface area contributed by atoms with Crippen LogP contribution in [0.5, 0.6) is 0 Å². The molecule has 0 saturated carbocycles. The number of carbonyl (C=O) groups excluding carboxylic acids is 2. The van der Waals surface area contributed by atoms with Crippen molar-refractivity contribution >= 4 is 31.5 Å². The molecule has 202 valence electrons. The summed E-state index contributed by atoms with van der Waals surface area (Å²) in [6, 6.07) is 27.8. The molecular formula is C28H31O8PS. The Bertz CT molecular complexity index is 1110. The van der Waals surface area contributed by atoms with Crippen LogP contribution in [0.15, 0.2) is 91.0 Å². The van der Waals surface area contributed by atoms with E-state index < -0.39 is 25.9 Å². The highest BCUT2D eigenvalue weighted by Crippen LogP contribution is 2.51. The molecule has 38 heavy (non-hydrogen) atoms. The zero-order chi connectivity index (χ0) is 27.1. The highest BCUT2D eigenvalue weighted by Gasteiger charge is 2.29. The van der Waals surface area contributed by atoms with Gasteiger partial charge in [-0.3, -0.25) is 23.2 Å². The maximum atomic E-state index is 13.5. The molecule has 0 bridgehead atoms. The molecule has 0 aliphatic carbocycles. The Morgan fingerprint density at radius 3 is 1.68 bits per heavy atom. The van der Waals surface area contributed by atoms with Crippen molar-refractivity contribution in [1.82, 2.24) is 0 Å². The summed E-state index contributed by atoms with van der Waals surface area (Å²) >= 11 is 1.21. The first-order valence-electron chi connectivity index (χ1n) is 12.0. The van der Waals surface area contributed by atoms with Gasteiger partial charge in [-0.25, -0.2) is 4.57 Å². The van der Waals surface area contributed by atoms with E-state index >= 15 is 0 Å². The summed E-state index contributed by atoms with van der Waals surface area (Å²) in [5.41, 5.74) is 2.47. The number of carbonyl (C=O) groups is 2. The Hall–Kier alpha value is -2.94. The fourth-order valence-corrected chi connectivity index (χ4v) is 5.13. The lowest BCUT2D eigenvalue weighted by Gasteiger charge is -2.22. The Kier molecular flexibility index (Phi) is 12.6. The summed E-state index contributed by atoms with van der Waals surface area (Å²) in [5, 5.41) is 0. The van der Waals surface area contributed by atoms with E-state index in [0.717, 1.165) is 16.7 Å². The van der Waals surface area contributed by atoms with Gasteiger partial charge in [0.05, 0.1) is 25.6 Å². The normalized spacial score (nSPS) is 12.0. The third-order valence-corrected chi connectivity index (χ3v) is 7.39. The molecule has 0 saturated heterocycles. The fourth-order valence-electron chi connectivity index (χ4n) is 3.15. The number of thioether (sulfide) groups is 1. The number of benzene rings is 3. The zero-order valence-corrected chi connectivity index (χ0v) is 22.8. The lowest BCUT2D eigenvalue weighted by molar-refractivity contribution is -0.146. The first kappa shape index (κ1) is 29.6. The van der Waals surface area contributed by atoms with Gasteiger partial charge < -0.3 is 9.47 Å². The molecule has 0 N–H and O–H groups in total. The number of phosphoric acid groups is 1. The van der Waals surface area contributed by atoms with Crippen LogP contribution in [0.1, 0.15) is 23.6 Å². The second-order valence-corrected chi connectivity index (χ2v) is 10.9. The predicted octanol–water partition coefficient (Wildman–Crippen LogP) is 5.95. The average Bonchev–Trinajstić information content (AvgIpc) is 2.94. The number of ether oxygens (including phenoxy) is 2. The first-order valence-corrected chi connectivity index (χ1v) is 14.6. The molecule has 0 aliphatic heterocycles. The molecular weight excluding hydrogens is 527 g/mol. The van der Waals surface area contributed by atoms with Crippen molar-refractivity contribution in [2.75, 3.05) is 18.1 Å². The van der Waals surface area contributed by atoms with Crippen molar-refractivity contribution in [3.63, 3.8) is 0 Å². The molecule has 0 fully saturated rings. The van der Waals surface area contributed by atoms with Gasteiger partial charge >= 0.3 is 19.8 Å². The Labute approximate surface area is 227 Å². The fraction of sp³-hybridized carbons (Fsp3) is 0.286. The molecule has 3 rings (SSSR count). The van der Waals surface area contributed by atoms with Gasteiger partial charge in [0.25, 0.3) is 0 Å². The molecule has 8 nitrogen and oxygen atoms in total. The molecule has 0 radical (unpaired) electrons. The highest BCUT2D eigenvalue weighted by atomic mass is 32.2. The summed E-state index contributed by atoms with van der Waals surface area (Å²) in [7, 11) is -4.04. The molecule has 0 amide bonds. The van der Waals surface area contributed by atoms with E-state index in [4.69, 9.17) is 23.0 Å². The number of hydrogen-bond donors (Lipinski definition) is 0. The van der Waals surface area contributed by atoms with E-state index in [2.05, 4.69) is 0 Å². The number of esters is 2. The van der Waals surface area contributed by atoms with Gasteiger partial charge in [0.1, 0.15) is 12.7 Å². The van der Waals surface area contributed by atoms with Crippen LogP contribution in [0.3, 0.4) is 0 Å². The Morgan fingerprint density at radius 2 is 1.21 bits per heavy atom. The molecule has 10 heteroatoms. The van der Waals surface area contributed by atoms with Crippen molar-refractivity contribution in [3.8, 4) is 0 Å². The van der Waals surface area contributed by atoms with Gasteiger partial charge in [-0.2, -0.15) is 0 Å². The summed E-state index contributed by atoms with van der Waals surface area (Å²) < 4.78 is 40.8. The molecule has 3 aromatic carbocycles. The molecule has 0 aliphatic rings. The second kappa shape index (κ2) is 16.1. The Balaban J connectivity index is 1.53. The third kappa shape index (κ3) is 11.6. The lowest BCUT2D eigenvalue weighted by Crippen LogP contribution is -2.25. The smallest absolute Gasteiger partial charge is 0.460 e. The summed E-state index contributed by atoms with van der Waals surface area (Å²) in [5.74, 6) is -0.658. The number of hydrogen-bond acceptors (Lipinski definition) is 9. The Morgan fingerprint density at radius 1 is 0.737 bits per heavy atom. The SMILES string of the molecule is CC(=O)O[C@H](COP(=O)(OCc1ccccc1)OCc1ccccc1)CSCC(=O)OCc1ccccc1. The minimum atomic E-state index is -4.04. The van der Waals surface area contributed by atoms with Crippen LogP contribution in [-0.2, 0) is 57.0 Å². The van der Waals surface area contributed by atoms with Crippen molar-refractivity contribution in [2.24, 2.45) is 0 Å². The van der Waals surface area contributed by atoms with Gasteiger partial charge in [-0.1, -0.05) is 91.0 Å². The first-order chi connectivity index (χ1) is 18.4. The van der Waals surface area contributed by atoms with Crippen molar-refractivity contribution in [1.29, 1.82) is 0 Å². The topological polar surface area (TPSA) is 97.4 Å². The molecule has 0 unspecified atom stereocenters. The summed E-state index contributed by atoms with van der Waals surface area (Å²) in [6.07, 6.45) is -0.784. The van der Waals surface area contributed by atoms with E-state index in [0.29, 0.717) is 0 Å². The predicted molar refractivity (Wildman–Crippen MR) is 145 cm³/mol. The van der Waals surface area contributed by atoms with Crippen molar-refractivity contribution in [2.45, 2.75) is 32.8 Å². The number of phosphoric ester groups is 1. The molecule has 0 spiro atoms. The van der Waals surface area contributed by atoms with Gasteiger partial charge in [-0.15, -0.1) is 11.8 Å². The molecule has 1 atom stereocenters. The van der Waals surface area contributed by atoms with E-state index in [-0.39, 0.29) is 37.9 Å². The third-order valence-electron chi connectivity index (χ3n) is 4.98. The maximum absolute atomic E-state index is 13.5. The number of rotatable bonds is 16. The van der Waals surface area contributed by atoms with Crippen LogP contribution in [-0.4, -0.2) is 36.2 Å². The minimum absolute atomic E-state index is 0.00709. The van der Waals surface area contributed by atoms with Crippen LogP contribution in [0.2, 0.25) is 0 Å². The van der Waals surface area contributed by atoms with Crippen LogP contribution >= 0.6 is 19.6 Å². The van der Waals surface area contributed by atoms with Crippen LogP contribution in [0.25, 0.3) is 0 Å². The van der Waals surface area contributed by atoms with Crippen molar-refractivity contribution < 1.29 is 37.2 Å².